The first-order valence-electron chi connectivity index (χ1n) is 4.62. The van der Waals surface area contributed by atoms with E-state index in [-0.39, 0.29) is 5.56 Å². The third kappa shape index (κ3) is 2.33. The highest BCUT2D eigenvalue weighted by molar-refractivity contribution is 14.1. The topological polar surface area (TPSA) is 22.0 Å². The van der Waals surface area contributed by atoms with Gasteiger partial charge >= 0.3 is 0 Å². The van der Waals surface area contributed by atoms with Crippen molar-refractivity contribution in [2.75, 3.05) is 0 Å². The predicted molar refractivity (Wildman–Crippen MR) is 60.8 cm³/mol. The fourth-order valence-corrected chi connectivity index (χ4v) is 1.93. The maximum atomic E-state index is 11.6. The van der Waals surface area contributed by atoms with Gasteiger partial charge in [-0.1, -0.05) is 12.8 Å². The number of halogens is 1. The van der Waals surface area contributed by atoms with Gasteiger partial charge in [0.1, 0.15) is 0 Å². The molecule has 0 saturated heterocycles. The van der Waals surface area contributed by atoms with Crippen molar-refractivity contribution in [2.24, 2.45) is 5.92 Å². The van der Waals surface area contributed by atoms with Gasteiger partial charge < -0.3 is 4.57 Å². The van der Waals surface area contributed by atoms with Crippen molar-refractivity contribution in [3.8, 4) is 0 Å². The molecule has 2 nitrogen and oxygen atoms in total. The van der Waals surface area contributed by atoms with E-state index in [0.29, 0.717) is 0 Å². The Labute approximate surface area is 91.1 Å². The van der Waals surface area contributed by atoms with Crippen molar-refractivity contribution >= 4 is 22.6 Å². The number of hydrogen-bond donors (Lipinski definition) is 0. The van der Waals surface area contributed by atoms with Crippen molar-refractivity contribution in [3.05, 3.63) is 32.3 Å². The van der Waals surface area contributed by atoms with Crippen LogP contribution >= 0.6 is 22.6 Å². The van der Waals surface area contributed by atoms with Crippen molar-refractivity contribution in [1.29, 1.82) is 0 Å². The molecule has 0 aliphatic heterocycles. The monoisotopic (exact) mass is 289 g/mol. The molecule has 1 aromatic rings. The molecular weight excluding hydrogens is 277 g/mol. The highest BCUT2D eigenvalue weighted by atomic mass is 127. The molecule has 1 fully saturated rings. The van der Waals surface area contributed by atoms with E-state index in [1.54, 1.807) is 0 Å². The van der Waals surface area contributed by atoms with Crippen LogP contribution in [-0.4, -0.2) is 4.57 Å². The summed E-state index contributed by atoms with van der Waals surface area (Å²) < 4.78 is 2.64. The van der Waals surface area contributed by atoms with E-state index in [4.69, 9.17) is 0 Å². The molecule has 0 radical (unpaired) electrons. The molecule has 0 aromatic carbocycles. The van der Waals surface area contributed by atoms with Gasteiger partial charge in [0.05, 0.1) is 3.57 Å². The third-order valence-corrected chi connectivity index (χ3v) is 3.27. The number of pyridine rings is 1. The second kappa shape index (κ2) is 3.82. The molecule has 1 aromatic heterocycles. The highest BCUT2D eigenvalue weighted by Crippen LogP contribution is 2.32. The van der Waals surface area contributed by atoms with Gasteiger partial charge in [-0.15, -0.1) is 0 Å². The zero-order chi connectivity index (χ0) is 9.26. The zero-order valence-electron chi connectivity index (χ0n) is 7.37. The zero-order valence-corrected chi connectivity index (χ0v) is 9.53. The lowest BCUT2D eigenvalue weighted by Gasteiger charge is -2.04. The second-order valence-corrected chi connectivity index (χ2v) is 4.75. The number of aromatic nitrogens is 1. The molecule has 1 aliphatic rings. The summed E-state index contributed by atoms with van der Waals surface area (Å²) in [6, 6.07) is 3.80. The Morgan fingerprint density at radius 2 is 2.31 bits per heavy atom. The van der Waals surface area contributed by atoms with E-state index < -0.39 is 0 Å². The van der Waals surface area contributed by atoms with E-state index >= 15 is 0 Å². The Balaban J connectivity index is 2.09. The van der Waals surface area contributed by atoms with Crippen molar-refractivity contribution in [2.45, 2.75) is 25.8 Å². The van der Waals surface area contributed by atoms with Crippen LogP contribution in [0.3, 0.4) is 0 Å². The lowest BCUT2D eigenvalue weighted by atomic mass is 10.3. The molecule has 0 amide bonds. The predicted octanol–water partition coefficient (Wildman–Crippen LogP) is 2.25. The largest absolute Gasteiger partial charge is 0.315 e. The molecule has 3 heteroatoms. The Kier molecular flexibility index (Phi) is 2.71. The van der Waals surface area contributed by atoms with Crippen LogP contribution < -0.4 is 5.56 Å². The van der Waals surface area contributed by atoms with Crippen LogP contribution in [0.2, 0.25) is 0 Å². The summed E-state index contributed by atoms with van der Waals surface area (Å²) in [6.45, 7) is 0.889. The van der Waals surface area contributed by atoms with E-state index in [2.05, 4.69) is 22.6 Å². The van der Waals surface area contributed by atoms with E-state index in [1.165, 1.54) is 19.3 Å². The van der Waals surface area contributed by atoms with Crippen LogP contribution in [0.25, 0.3) is 0 Å². The minimum Gasteiger partial charge on any atom is -0.315 e. The van der Waals surface area contributed by atoms with E-state index in [0.717, 1.165) is 16.0 Å². The molecule has 70 valence electrons. The van der Waals surface area contributed by atoms with Gasteiger partial charge in [0.15, 0.2) is 0 Å². The lowest BCUT2D eigenvalue weighted by molar-refractivity contribution is 0.580. The Morgan fingerprint density at radius 1 is 1.54 bits per heavy atom. The first-order chi connectivity index (χ1) is 6.27. The third-order valence-electron chi connectivity index (χ3n) is 2.45. The molecule has 0 spiro atoms. The Morgan fingerprint density at radius 3 is 3.00 bits per heavy atom. The Hall–Kier alpha value is -0.320. The minimum absolute atomic E-state index is 0.156. The first kappa shape index (κ1) is 9.24. The summed E-state index contributed by atoms with van der Waals surface area (Å²) >= 11 is 2.09. The number of nitrogens with zero attached hydrogens (tertiary/aromatic N) is 1. The van der Waals surface area contributed by atoms with Crippen molar-refractivity contribution in [1.82, 2.24) is 4.57 Å². The highest BCUT2D eigenvalue weighted by Gasteiger charge is 2.20. The van der Waals surface area contributed by atoms with Crippen molar-refractivity contribution < 1.29 is 0 Å². The summed E-state index contributed by atoms with van der Waals surface area (Å²) in [4.78, 5) is 11.6. The maximum Gasteiger partial charge on any atom is 0.263 e. The number of rotatable bonds is 3. The summed E-state index contributed by atoms with van der Waals surface area (Å²) in [7, 11) is 0. The van der Waals surface area contributed by atoms with Crippen LogP contribution in [0.4, 0.5) is 0 Å². The standard InChI is InChI=1S/C10H12INO/c11-9-2-1-6-12(10(9)13)7-5-8-3-4-8/h1-2,6,8H,3-5,7H2. The smallest absolute Gasteiger partial charge is 0.263 e. The van der Waals surface area contributed by atoms with Crippen LogP contribution in [0.1, 0.15) is 19.3 Å². The Bertz CT molecular complexity index is 354. The van der Waals surface area contributed by atoms with Gasteiger partial charge in [-0.2, -0.15) is 0 Å². The first-order valence-corrected chi connectivity index (χ1v) is 5.70. The molecule has 0 bridgehead atoms. The average Bonchev–Trinajstić information content (AvgIpc) is 2.91. The molecule has 1 saturated carbocycles. The van der Waals surface area contributed by atoms with Crippen LogP contribution in [0, 0.1) is 9.49 Å². The normalized spacial score (nSPS) is 16.1. The van der Waals surface area contributed by atoms with Crippen LogP contribution in [0.5, 0.6) is 0 Å². The van der Waals surface area contributed by atoms with Gasteiger partial charge in [-0.25, -0.2) is 0 Å². The number of aryl methyl sites for hydroxylation is 1. The summed E-state index contributed by atoms with van der Waals surface area (Å²) in [5.41, 5.74) is 0.156. The maximum absolute atomic E-state index is 11.6. The van der Waals surface area contributed by atoms with E-state index in [1.807, 2.05) is 22.9 Å². The SMILES string of the molecule is O=c1c(I)cccn1CCC1CC1. The molecule has 0 N–H and O–H groups in total. The minimum atomic E-state index is 0.156. The lowest BCUT2D eigenvalue weighted by Crippen LogP contribution is -2.21. The summed E-state index contributed by atoms with van der Waals surface area (Å²) in [5, 5.41) is 0. The molecule has 2 rings (SSSR count). The van der Waals surface area contributed by atoms with Gasteiger partial charge in [-0.05, 0) is 47.1 Å². The fourth-order valence-electron chi connectivity index (χ4n) is 1.41. The van der Waals surface area contributed by atoms with Gasteiger partial charge in [-0.3, -0.25) is 4.79 Å². The summed E-state index contributed by atoms with van der Waals surface area (Å²) in [5.74, 6) is 0.893. The molecule has 1 aliphatic carbocycles. The second-order valence-electron chi connectivity index (χ2n) is 3.59. The van der Waals surface area contributed by atoms with Gasteiger partial charge in [0.2, 0.25) is 0 Å². The molecule has 13 heavy (non-hydrogen) atoms. The van der Waals surface area contributed by atoms with Crippen LogP contribution in [-0.2, 0) is 6.54 Å². The quantitative estimate of drug-likeness (QED) is 0.782. The molecule has 0 atom stereocenters. The molecule has 0 unspecified atom stereocenters. The van der Waals surface area contributed by atoms with Crippen molar-refractivity contribution in [3.63, 3.8) is 0 Å². The average molecular weight is 289 g/mol. The van der Waals surface area contributed by atoms with Crippen LogP contribution in [0.15, 0.2) is 23.1 Å². The summed E-state index contributed by atoms with van der Waals surface area (Å²) in [6.07, 6.45) is 5.77. The molecule has 1 heterocycles. The molecular formula is C10H12INO. The number of hydrogen-bond acceptors (Lipinski definition) is 1. The van der Waals surface area contributed by atoms with Gasteiger partial charge in [0.25, 0.3) is 5.56 Å². The van der Waals surface area contributed by atoms with Gasteiger partial charge in [0, 0.05) is 12.7 Å². The fraction of sp³-hybridized carbons (Fsp3) is 0.500. The van der Waals surface area contributed by atoms with E-state index in [9.17, 15) is 4.79 Å².